The zero-order valence-electron chi connectivity index (χ0n) is 11.3. The summed E-state index contributed by atoms with van der Waals surface area (Å²) in [5, 5.41) is 25.3. The first-order valence-corrected chi connectivity index (χ1v) is 5.84. The van der Waals surface area contributed by atoms with E-state index in [1.807, 2.05) is 6.08 Å². The molecule has 1 aliphatic rings. The van der Waals surface area contributed by atoms with Gasteiger partial charge < -0.3 is 20.7 Å². The first-order valence-electron chi connectivity index (χ1n) is 5.84. The number of hydrazine groups is 1. The largest absolute Gasteiger partial charge is 0.509 e. The molecule has 114 valence electrons. The molecule has 0 aromatic heterocycles. The summed E-state index contributed by atoms with van der Waals surface area (Å²) in [6.45, 7) is 7.46. The molecular weight excluding hydrogens is 276 g/mol. The lowest BCUT2D eigenvalue weighted by Crippen LogP contribution is -2.25. The van der Waals surface area contributed by atoms with Gasteiger partial charge in [0, 0.05) is 18.1 Å². The number of nitrogens with two attached hydrogens (primary N) is 1. The lowest BCUT2D eigenvalue weighted by atomic mass is 9.90. The zero-order chi connectivity index (χ0) is 16.4. The van der Waals surface area contributed by atoms with Crippen LogP contribution >= 0.6 is 0 Å². The van der Waals surface area contributed by atoms with Gasteiger partial charge in [0.05, 0.1) is 5.70 Å². The molecule has 0 spiro atoms. The molecule has 0 aromatic carbocycles. The molecule has 6 N–H and O–H groups in total. The number of allylic oxidation sites excluding steroid dienone is 4. The molecule has 7 nitrogen and oxygen atoms in total. The van der Waals surface area contributed by atoms with Crippen LogP contribution in [0.15, 0.2) is 60.6 Å². The van der Waals surface area contributed by atoms with Crippen molar-refractivity contribution < 1.29 is 24.9 Å². The topological polar surface area (TPSA) is 133 Å². The van der Waals surface area contributed by atoms with Crippen molar-refractivity contribution in [2.75, 3.05) is 0 Å². The van der Waals surface area contributed by atoms with Gasteiger partial charge in [0.15, 0.2) is 0 Å². The Morgan fingerprint density at radius 2 is 1.81 bits per heavy atom. The molecule has 0 heterocycles. The second-order valence-corrected chi connectivity index (χ2v) is 3.94. The van der Waals surface area contributed by atoms with Crippen molar-refractivity contribution in [3.63, 3.8) is 0 Å². The Bertz CT molecular complexity index is 501. The number of nitrogens with one attached hydrogen (secondary N) is 1. The van der Waals surface area contributed by atoms with Crippen molar-refractivity contribution >= 4 is 11.9 Å². The molecule has 1 aliphatic carbocycles. The summed E-state index contributed by atoms with van der Waals surface area (Å²) in [6, 6.07) is 0. The van der Waals surface area contributed by atoms with E-state index in [-0.39, 0.29) is 11.7 Å². The van der Waals surface area contributed by atoms with E-state index in [2.05, 4.69) is 18.6 Å². The Morgan fingerprint density at radius 3 is 2.19 bits per heavy atom. The number of hydrogen-bond acceptors (Lipinski definition) is 5. The summed E-state index contributed by atoms with van der Waals surface area (Å²) in [6.07, 6.45) is 7.07. The summed E-state index contributed by atoms with van der Waals surface area (Å²) in [4.78, 5) is 19.1. The lowest BCUT2D eigenvalue weighted by molar-refractivity contribution is -0.134. The fourth-order valence-corrected chi connectivity index (χ4v) is 1.45. The predicted molar refractivity (Wildman–Crippen MR) is 78.0 cm³/mol. The third-order valence-corrected chi connectivity index (χ3v) is 2.44. The van der Waals surface area contributed by atoms with Gasteiger partial charge in [-0.3, -0.25) is 5.84 Å². The van der Waals surface area contributed by atoms with Crippen LogP contribution in [0.1, 0.15) is 6.42 Å². The van der Waals surface area contributed by atoms with Crippen LogP contribution < -0.4 is 11.3 Å². The fraction of sp³-hybridized carbons (Fsp3) is 0.143. The van der Waals surface area contributed by atoms with E-state index in [9.17, 15) is 14.7 Å². The van der Waals surface area contributed by atoms with Crippen LogP contribution in [0.2, 0.25) is 0 Å². The Kier molecular flexibility index (Phi) is 7.94. The average molecular weight is 294 g/mol. The number of hydrogen-bond donors (Lipinski definition) is 5. The van der Waals surface area contributed by atoms with Gasteiger partial charge in [0.2, 0.25) is 0 Å². The third kappa shape index (κ3) is 6.79. The molecular formula is C14H18N2O5. The van der Waals surface area contributed by atoms with Crippen molar-refractivity contribution in [3.05, 3.63) is 60.6 Å². The normalized spacial score (nSPS) is 17.2. The van der Waals surface area contributed by atoms with Crippen LogP contribution in [-0.4, -0.2) is 27.3 Å². The van der Waals surface area contributed by atoms with Crippen molar-refractivity contribution in [2.45, 2.75) is 6.42 Å². The number of carboxylic acids is 2. The Hall–Kier alpha value is -2.80. The number of aliphatic carboxylic acids is 2. The van der Waals surface area contributed by atoms with E-state index in [4.69, 9.17) is 16.1 Å². The zero-order valence-corrected chi connectivity index (χ0v) is 11.3. The van der Waals surface area contributed by atoms with E-state index in [0.29, 0.717) is 24.3 Å². The van der Waals surface area contributed by atoms with Gasteiger partial charge in [0.1, 0.15) is 5.76 Å². The highest BCUT2D eigenvalue weighted by atomic mass is 16.4. The molecule has 1 rings (SSSR count). The quantitative estimate of drug-likeness (QED) is 0.223. The molecule has 21 heavy (non-hydrogen) atoms. The summed E-state index contributed by atoms with van der Waals surface area (Å²) in [7, 11) is 0. The summed E-state index contributed by atoms with van der Waals surface area (Å²) in [5.41, 5.74) is 3.84. The van der Waals surface area contributed by atoms with Gasteiger partial charge >= 0.3 is 11.9 Å². The average Bonchev–Trinajstić information content (AvgIpc) is 2.42. The van der Waals surface area contributed by atoms with Gasteiger partial charge in [-0.05, 0) is 18.1 Å². The minimum atomic E-state index is -1.26. The molecule has 0 amide bonds. The molecule has 7 heteroatoms. The van der Waals surface area contributed by atoms with Crippen LogP contribution in [0.3, 0.4) is 0 Å². The van der Waals surface area contributed by atoms with E-state index in [1.54, 1.807) is 12.2 Å². The summed E-state index contributed by atoms with van der Waals surface area (Å²) < 4.78 is 0. The number of carboxylic acid groups (broad SMARTS) is 2. The van der Waals surface area contributed by atoms with E-state index in [0.717, 1.165) is 5.57 Å². The second-order valence-electron chi connectivity index (χ2n) is 3.94. The maximum absolute atomic E-state index is 9.71. The summed E-state index contributed by atoms with van der Waals surface area (Å²) >= 11 is 0. The molecule has 0 aromatic rings. The SMILES string of the molecule is C=CCC1C(=C)C=CC(NN)=C1O.O=C(O)/C=C/C(=O)O. The Labute approximate surface area is 122 Å². The fourth-order valence-electron chi connectivity index (χ4n) is 1.45. The van der Waals surface area contributed by atoms with Crippen LogP contribution in [0.4, 0.5) is 0 Å². The Morgan fingerprint density at radius 1 is 1.29 bits per heavy atom. The predicted octanol–water partition coefficient (Wildman–Crippen LogP) is 1.25. The molecule has 1 unspecified atom stereocenters. The highest BCUT2D eigenvalue weighted by molar-refractivity contribution is 5.89. The van der Waals surface area contributed by atoms with Crippen molar-refractivity contribution in [3.8, 4) is 0 Å². The van der Waals surface area contributed by atoms with Gasteiger partial charge in [-0.1, -0.05) is 18.7 Å². The van der Waals surface area contributed by atoms with E-state index < -0.39 is 11.9 Å². The highest BCUT2D eigenvalue weighted by Crippen LogP contribution is 2.28. The van der Waals surface area contributed by atoms with Crippen molar-refractivity contribution in [2.24, 2.45) is 11.8 Å². The minimum absolute atomic E-state index is 0.0893. The van der Waals surface area contributed by atoms with Gasteiger partial charge in [0.25, 0.3) is 0 Å². The van der Waals surface area contributed by atoms with Crippen LogP contribution in [0, 0.1) is 5.92 Å². The second kappa shape index (κ2) is 9.16. The van der Waals surface area contributed by atoms with Crippen LogP contribution in [-0.2, 0) is 9.59 Å². The first-order chi connectivity index (χ1) is 9.83. The van der Waals surface area contributed by atoms with Gasteiger partial charge in [-0.2, -0.15) is 0 Å². The summed E-state index contributed by atoms with van der Waals surface area (Å²) in [5.74, 6) is 2.85. The monoisotopic (exact) mass is 294 g/mol. The maximum Gasteiger partial charge on any atom is 0.328 e. The number of aliphatic hydroxyl groups is 1. The lowest BCUT2D eigenvalue weighted by Gasteiger charge is -2.21. The van der Waals surface area contributed by atoms with Crippen LogP contribution in [0.25, 0.3) is 0 Å². The third-order valence-electron chi connectivity index (χ3n) is 2.44. The van der Waals surface area contributed by atoms with Gasteiger partial charge in [-0.15, -0.1) is 6.58 Å². The number of rotatable bonds is 5. The number of aliphatic hydroxyl groups excluding tert-OH is 1. The van der Waals surface area contributed by atoms with Crippen molar-refractivity contribution in [1.82, 2.24) is 5.43 Å². The molecule has 0 saturated heterocycles. The highest BCUT2D eigenvalue weighted by Gasteiger charge is 2.20. The molecule has 0 saturated carbocycles. The van der Waals surface area contributed by atoms with Crippen LogP contribution in [0.5, 0.6) is 0 Å². The molecule has 0 bridgehead atoms. The van der Waals surface area contributed by atoms with Gasteiger partial charge in [-0.25, -0.2) is 9.59 Å². The van der Waals surface area contributed by atoms with Crippen molar-refractivity contribution in [1.29, 1.82) is 0 Å². The maximum atomic E-state index is 9.71. The molecule has 0 radical (unpaired) electrons. The molecule has 0 fully saturated rings. The Balaban J connectivity index is 0.000000433. The van der Waals surface area contributed by atoms with E-state index >= 15 is 0 Å². The smallest absolute Gasteiger partial charge is 0.328 e. The van der Waals surface area contributed by atoms with E-state index in [1.165, 1.54) is 0 Å². The minimum Gasteiger partial charge on any atom is -0.509 e. The standard InChI is InChI=1S/C10H14N2O.C4H4O4/c1-3-4-8-7(2)5-6-9(12-11)10(8)13;5-3(6)1-2-4(7)8/h3,5-6,8,12-13H,1-2,4,11H2;1-2H,(H,5,6)(H,7,8)/b;2-1+. The number of carbonyl (C=O) groups is 2. The first kappa shape index (κ1) is 18.2. The molecule has 1 atom stereocenters. The molecule has 0 aliphatic heterocycles.